The number of benzene rings is 1. The lowest BCUT2D eigenvalue weighted by Gasteiger charge is -2.25. The number of amides is 1. The molecule has 2 aliphatic heterocycles. The zero-order chi connectivity index (χ0) is 18.4. The third-order valence-corrected chi connectivity index (χ3v) is 7.80. The fraction of sp³-hybridized carbons (Fsp3) is 0.500. The van der Waals surface area contributed by atoms with E-state index < -0.39 is 9.84 Å². The first-order valence-electron chi connectivity index (χ1n) is 7.89. The number of carbonyl (C=O) groups is 1. The SMILES string of the molecule is CC(C)CC(=O)N=C1S[C@@H]2CS(=O)(=O)C[C@H]2N1c1cc(Cl)ccc1Cl. The molecule has 0 unspecified atom stereocenters. The first kappa shape index (κ1) is 19.0. The van der Waals surface area contributed by atoms with Crippen molar-refractivity contribution in [3.63, 3.8) is 0 Å². The highest BCUT2D eigenvalue weighted by Gasteiger charge is 2.49. The molecule has 5 nitrogen and oxygen atoms in total. The van der Waals surface area contributed by atoms with E-state index in [2.05, 4.69) is 4.99 Å². The fourth-order valence-electron chi connectivity index (χ4n) is 3.02. The Morgan fingerprint density at radius 1 is 1.36 bits per heavy atom. The van der Waals surface area contributed by atoms with Crippen molar-refractivity contribution in [2.45, 2.75) is 31.6 Å². The van der Waals surface area contributed by atoms with E-state index in [0.717, 1.165) is 0 Å². The number of rotatable bonds is 3. The van der Waals surface area contributed by atoms with Gasteiger partial charge in [0.2, 0.25) is 5.91 Å². The van der Waals surface area contributed by atoms with Crippen molar-refractivity contribution in [1.29, 1.82) is 0 Å². The summed E-state index contributed by atoms with van der Waals surface area (Å²) in [5, 5.41) is 1.27. The minimum atomic E-state index is -3.12. The van der Waals surface area contributed by atoms with Gasteiger partial charge in [-0.3, -0.25) is 4.79 Å². The summed E-state index contributed by atoms with van der Waals surface area (Å²) in [6.07, 6.45) is 0.342. The van der Waals surface area contributed by atoms with Crippen molar-refractivity contribution in [3.8, 4) is 0 Å². The summed E-state index contributed by atoms with van der Waals surface area (Å²) in [7, 11) is -3.12. The van der Waals surface area contributed by atoms with Crippen LogP contribution in [0.15, 0.2) is 23.2 Å². The molecule has 0 spiro atoms. The van der Waals surface area contributed by atoms with E-state index >= 15 is 0 Å². The van der Waals surface area contributed by atoms with E-state index in [1.807, 2.05) is 13.8 Å². The lowest BCUT2D eigenvalue weighted by atomic mass is 10.1. The first-order valence-corrected chi connectivity index (χ1v) is 11.3. The molecule has 0 saturated carbocycles. The minimum Gasteiger partial charge on any atom is -0.314 e. The molecule has 9 heteroatoms. The van der Waals surface area contributed by atoms with Crippen LogP contribution < -0.4 is 4.90 Å². The van der Waals surface area contributed by atoms with Crippen LogP contribution in [0.1, 0.15) is 20.3 Å². The Kier molecular flexibility index (Phi) is 5.40. The molecular formula is C16H18Cl2N2O3S2. The van der Waals surface area contributed by atoms with Gasteiger partial charge in [0, 0.05) is 16.7 Å². The Morgan fingerprint density at radius 2 is 2.08 bits per heavy atom. The van der Waals surface area contributed by atoms with Gasteiger partial charge < -0.3 is 4.90 Å². The minimum absolute atomic E-state index is 0.0187. The monoisotopic (exact) mass is 420 g/mol. The number of hydrogen-bond donors (Lipinski definition) is 0. The number of aliphatic imine (C=N–C) groups is 1. The Hall–Kier alpha value is -0.760. The molecule has 0 radical (unpaired) electrons. The lowest BCUT2D eigenvalue weighted by Crippen LogP contribution is -2.38. The van der Waals surface area contributed by atoms with Crippen molar-refractivity contribution in [3.05, 3.63) is 28.2 Å². The maximum atomic E-state index is 12.2. The number of hydrogen-bond acceptors (Lipinski definition) is 4. The summed E-state index contributed by atoms with van der Waals surface area (Å²) in [5.41, 5.74) is 0.586. The molecule has 2 saturated heterocycles. The maximum Gasteiger partial charge on any atom is 0.248 e. The fourth-order valence-corrected chi connectivity index (χ4v) is 7.32. The molecule has 0 aliphatic carbocycles. The number of halogens is 2. The molecule has 0 bridgehead atoms. The molecule has 136 valence electrons. The quantitative estimate of drug-likeness (QED) is 0.746. The van der Waals surface area contributed by atoms with Crippen molar-refractivity contribution < 1.29 is 13.2 Å². The highest BCUT2D eigenvalue weighted by molar-refractivity contribution is 8.16. The normalized spacial score (nSPS) is 26.4. The van der Waals surface area contributed by atoms with Gasteiger partial charge >= 0.3 is 0 Å². The second-order valence-electron chi connectivity index (χ2n) is 6.65. The van der Waals surface area contributed by atoms with Crippen LogP contribution in [0.3, 0.4) is 0 Å². The van der Waals surface area contributed by atoms with Crippen LogP contribution >= 0.6 is 35.0 Å². The molecule has 2 atom stereocenters. The van der Waals surface area contributed by atoms with Gasteiger partial charge in [-0.15, -0.1) is 0 Å². The van der Waals surface area contributed by atoms with Gasteiger partial charge in [-0.25, -0.2) is 8.42 Å². The molecule has 25 heavy (non-hydrogen) atoms. The van der Waals surface area contributed by atoms with Gasteiger partial charge in [0.1, 0.15) is 0 Å². The summed E-state index contributed by atoms with van der Waals surface area (Å²) in [6, 6.07) is 4.71. The van der Waals surface area contributed by atoms with Gasteiger partial charge in [-0.2, -0.15) is 4.99 Å². The zero-order valence-electron chi connectivity index (χ0n) is 13.8. The number of thioether (sulfide) groups is 1. The Morgan fingerprint density at radius 3 is 2.76 bits per heavy atom. The largest absolute Gasteiger partial charge is 0.314 e. The molecule has 0 N–H and O–H groups in total. The van der Waals surface area contributed by atoms with Crippen LogP contribution in [0.25, 0.3) is 0 Å². The third-order valence-electron chi connectivity index (χ3n) is 4.04. The van der Waals surface area contributed by atoms with Crippen molar-refractivity contribution in [2.75, 3.05) is 16.4 Å². The average molecular weight is 421 g/mol. The van der Waals surface area contributed by atoms with E-state index in [-0.39, 0.29) is 34.6 Å². The van der Waals surface area contributed by atoms with Crippen LogP contribution in [0.4, 0.5) is 5.69 Å². The maximum absolute atomic E-state index is 12.2. The summed E-state index contributed by atoms with van der Waals surface area (Å²) in [5.74, 6) is 0.0779. The Bertz CT molecular complexity index is 840. The predicted octanol–water partition coefficient (Wildman–Crippen LogP) is 3.64. The number of nitrogens with zero attached hydrogens (tertiary/aromatic N) is 2. The number of anilines is 1. The standard InChI is InChI=1S/C16H18Cl2N2O3S2/c1-9(2)5-15(21)19-16-20(12-6-10(17)3-4-11(12)18)13-7-25(22,23)8-14(13)24-16/h3-4,6,9,13-14H,5,7-8H2,1-2H3/t13-,14-/m1/s1. The molecule has 2 fully saturated rings. The molecule has 1 aromatic rings. The second kappa shape index (κ2) is 7.10. The number of fused-ring (bicyclic) bond motifs is 1. The average Bonchev–Trinajstić information content (AvgIpc) is 2.92. The molecule has 2 heterocycles. The molecule has 3 rings (SSSR count). The number of amidine groups is 1. The van der Waals surface area contributed by atoms with Crippen LogP contribution in [-0.2, 0) is 14.6 Å². The Balaban J connectivity index is 2.02. The van der Waals surface area contributed by atoms with Crippen molar-refractivity contribution in [2.24, 2.45) is 10.9 Å². The first-order chi connectivity index (χ1) is 11.7. The summed E-state index contributed by atoms with van der Waals surface area (Å²) < 4.78 is 24.1. The summed E-state index contributed by atoms with van der Waals surface area (Å²) in [4.78, 5) is 18.2. The molecule has 1 amide bonds. The molecular weight excluding hydrogens is 403 g/mol. The van der Waals surface area contributed by atoms with E-state index in [4.69, 9.17) is 23.2 Å². The number of carbonyl (C=O) groups excluding carboxylic acids is 1. The van der Waals surface area contributed by atoms with Gasteiger partial charge in [0.25, 0.3) is 0 Å². The third kappa shape index (κ3) is 4.15. The van der Waals surface area contributed by atoms with Crippen LogP contribution in [0, 0.1) is 5.92 Å². The zero-order valence-corrected chi connectivity index (χ0v) is 16.9. The summed E-state index contributed by atoms with van der Waals surface area (Å²) in [6.45, 7) is 3.90. The van der Waals surface area contributed by atoms with E-state index in [1.165, 1.54) is 11.8 Å². The van der Waals surface area contributed by atoms with Crippen LogP contribution in [0.2, 0.25) is 10.0 Å². The van der Waals surface area contributed by atoms with Crippen molar-refractivity contribution in [1.82, 2.24) is 0 Å². The molecule has 2 aliphatic rings. The smallest absolute Gasteiger partial charge is 0.248 e. The Labute approximate surface area is 161 Å². The highest BCUT2D eigenvalue weighted by Crippen LogP contribution is 2.43. The van der Waals surface area contributed by atoms with E-state index in [9.17, 15) is 13.2 Å². The van der Waals surface area contributed by atoms with Gasteiger partial charge in [0.05, 0.1) is 28.3 Å². The highest BCUT2D eigenvalue weighted by atomic mass is 35.5. The predicted molar refractivity (Wildman–Crippen MR) is 105 cm³/mol. The summed E-state index contributed by atoms with van der Waals surface area (Å²) >= 11 is 13.8. The number of sulfone groups is 1. The van der Waals surface area contributed by atoms with Crippen molar-refractivity contribution >= 4 is 61.6 Å². The van der Waals surface area contributed by atoms with Crippen LogP contribution in [-0.4, -0.2) is 42.3 Å². The van der Waals surface area contributed by atoms with E-state index in [0.29, 0.717) is 27.3 Å². The molecule has 1 aromatic carbocycles. The van der Waals surface area contributed by atoms with Gasteiger partial charge in [0.15, 0.2) is 15.0 Å². The molecule has 0 aromatic heterocycles. The lowest BCUT2D eigenvalue weighted by molar-refractivity contribution is -0.118. The van der Waals surface area contributed by atoms with Gasteiger partial charge in [-0.1, -0.05) is 48.8 Å². The second-order valence-corrected chi connectivity index (χ2v) is 10.9. The van der Waals surface area contributed by atoms with Crippen LogP contribution in [0.5, 0.6) is 0 Å². The topological polar surface area (TPSA) is 66.8 Å². The van der Waals surface area contributed by atoms with E-state index in [1.54, 1.807) is 23.1 Å². The van der Waals surface area contributed by atoms with Gasteiger partial charge in [-0.05, 0) is 24.1 Å².